The van der Waals surface area contributed by atoms with E-state index in [0.29, 0.717) is 21.9 Å². The minimum atomic E-state index is -0.325. The first kappa shape index (κ1) is 14.6. The van der Waals surface area contributed by atoms with Crippen molar-refractivity contribution in [1.82, 2.24) is 4.57 Å². The van der Waals surface area contributed by atoms with Crippen molar-refractivity contribution in [3.63, 3.8) is 0 Å². The lowest BCUT2D eigenvalue weighted by atomic mass is 10.2. The molecule has 0 saturated carbocycles. The molecule has 1 N–H and O–H groups in total. The van der Waals surface area contributed by atoms with E-state index in [2.05, 4.69) is 5.32 Å². The Morgan fingerprint density at radius 1 is 1.18 bits per heavy atom. The second kappa shape index (κ2) is 5.46. The number of fused-ring (bicyclic) bond motifs is 1. The molecule has 112 valence electrons. The molecular weight excluding hydrogens is 303 g/mol. The van der Waals surface area contributed by atoms with E-state index in [1.807, 2.05) is 6.92 Å². The molecule has 3 rings (SSSR count). The number of amides is 1. The number of carbonyl (C=O) groups excluding carboxylic acids is 1. The van der Waals surface area contributed by atoms with Crippen LogP contribution in [0.2, 0.25) is 5.02 Å². The van der Waals surface area contributed by atoms with Gasteiger partial charge in [0.15, 0.2) is 0 Å². The van der Waals surface area contributed by atoms with Crippen LogP contribution in [0.3, 0.4) is 0 Å². The molecule has 3 aromatic rings. The molecule has 0 aliphatic carbocycles. The van der Waals surface area contributed by atoms with Gasteiger partial charge in [0, 0.05) is 23.1 Å². The third-order valence-electron chi connectivity index (χ3n) is 3.68. The third-order valence-corrected chi connectivity index (χ3v) is 3.91. The van der Waals surface area contributed by atoms with Crippen LogP contribution in [-0.4, -0.2) is 10.5 Å². The number of nitrogens with zero attached hydrogens (tertiary/aromatic N) is 1. The first-order chi connectivity index (χ1) is 10.5. The van der Waals surface area contributed by atoms with Gasteiger partial charge in [0.1, 0.15) is 11.5 Å². The zero-order chi connectivity index (χ0) is 15.9. The van der Waals surface area contributed by atoms with Crippen molar-refractivity contribution in [3.05, 3.63) is 64.6 Å². The van der Waals surface area contributed by atoms with Crippen molar-refractivity contribution >= 4 is 34.1 Å². The average Bonchev–Trinajstić information content (AvgIpc) is 2.79. The zero-order valence-electron chi connectivity index (χ0n) is 12.2. The topological polar surface area (TPSA) is 34.0 Å². The van der Waals surface area contributed by atoms with Gasteiger partial charge in [-0.15, -0.1) is 0 Å². The molecule has 22 heavy (non-hydrogen) atoms. The number of nitrogens with one attached hydrogen (secondary N) is 1. The highest BCUT2D eigenvalue weighted by molar-refractivity contribution is 6.30. The molecule has 3 nitrogen and oxygen atoms in total. The van der Waals surface area contributed by atoms with Crippen molar-refractivity contribution in [2.45, 2.75) is 6.92 Å². The van der Waals surface area contributed by atoms with Gasteiger partial charge in [-0.1, -0.05) is 11.6 Å². The highest BCUT2D eigenvalue weighted by Gasteiger charge is 2.14. The Morgan fingerprint density at radius 3 is 2.68 bits per heavy atom. The van der Waals surface area contributed by atoms with Gasteiger partial charge >= 0.3 is 0 Å². The van der Waals surface area contributed by atoms with E-state index < -0.39 is 0 Å². The summed E-state index contributed by atoms with van der Waals surface area (Å²) in [5, 5.41) is 4.30. The van der Waals surface area contributed by atoms with Gasteiger partial charge in [-0.05, 0) is 55.0 Å². The molecule has 1 heterocycles. The lowest BCUT2D eigenvalue weighted by molar-refractivity contribution is 0.101. The molecule has 2 aromatic carbocycles. The molecule has 1 aromatic heterocycles. The van der Waals surface area contributed by atoms with Crippen molar-refractivity contribution in [3.8, 4) is 0 Å². The number of halogens is 2. The van der Waals surface area contributed by atoms with Gasteiger partial charge < -0.3 is 9.88 Å². The minimum absolute atomic E-state index is 0.246. The largest absolute Gasteiger partial charge is 0.340 e. The second-order valence-corrected chi connectivity index (χ2v) is 5.64. The number of anilines is 1. The average molecular weight is 317 g/mol. The summed E-state index contributed by atoms with van der Waals surface area (Å²) < 4.78 is 15.0. The predicted molar refractivity (Wildman–Crippen MR) is 87.0 cm³/mol. The smallest absolute Gasteiger partial charge is 0.272 e. The van der Waals surface area contributed by atoms with Crippen LogP contribution in [0.1, 0.15) is 16.1 Å². The minimum Gasteiger partial charge on any atom is -0.340 e. The summed E-state index contributed by atoms with van der Waals surface area (Å²) in [6, 6.07) is 11.5. The van der Waals surface area contributed by atoms with Crippen molar-refractivity contribution in [1.29, 1.82) is 0 Å². The number of aromatic nitrogens is 1. The van der Waals surface area contributed by atoms with Crippen molar-refractivity contribution in [2.24, 2.45) is 7.05 Å². The molecule has 0 spiro atoms. The number of aryl methyl sites for hydroxylation is 2. The van der Waals surface area contributed by atoms with Gasteiger partial charge in [-0.25, -0.2) is 4.39 Å². The van der Waals surface area contributed by atoms with Crippen LogP contribution < -0.4 is 5.32 Å². The molecule has 0 unspecified atom stereocenters. The molecule has 5 heteroatoms. The number of hydrogen-bond acceptors (Lipinski definition) is 1. The van der Waals surface area contributed by atoms with E-state index in [1.165, 1.54) is 12.1 Å². The van der Waals surface area contributed by atoms with Gasteiger partial charge in [-0.2, -0.15) is 0 Å². The van der Waals surface area contributed by atoms with Crippen molar-refractivity contribution in [2.75, 3.05) is 5.32 Å². The monoisotopic (exact) mass is 316 g/mol. The Bertz CT molecular complexity index is 886. The maximum atomic E-state index is 13.3. The predicted octanol–water partition coefficient (Wildman–Crippen LogP) is 4.53. The lowest BCUT2D eigenvalue weighted by Crippen LogP contribution is -2.16. The standard InChI is InChI=1S/C17H14ClFN2O/c1-10-7-12(18)4-6-14(10)20-17(22)16-8-11-3-5-13(19)9-15(11)21(16)2/h3-9H,1-2H3,(H,20,22). The first-order valence-electron chi connectivity index (χ1n) is 6.78. The first-order valence-corrected chi connectivity index (χ1v) is 7.16. The molecular formula is C17H14ClFN2O. The SMILES string of the molecule is Cc1cc(Cl)ccc1NC(=O)c1cc2ccc(F)cc2n1C. The van der Waals surface area contributed by atoms with Crippen molar-refractivity contribution < 1.29 is 9.18 Å². The summed E-state index contributed by atoms with van der Waals surface area (Å²) in [5.74, 6) is -0.571. The molecule has 0 radical (unpaired) electrons. The number of hydrogen-bond donors (Lipinski definition) is 1. The van der Waals surface area contributed by atoms with Crippen LogP contribution in [-0.2, 0) is 7.05 Å². The van der Waals surface area contributed by atoms with E-state index >= 15 is 0 Å². The summed E-state index contributed by atoms with van der Waals surface area (Å²) in [5.41, 5.74) is 2.73. The van der Waals surface area contributed by atoms with Gasteiger partial charge in [0.05, 0.1) is 5.52 Å². The van der Waals surface area contributed by atoms with Crippen LogP contribution in [0.4, 0.5) is 10.1 Å². The molecule has 0 aliphatic rings. The fourth-order valence-corrected chi connectivity index (χ4v) is 2.70. The van der Waals surface area contributed by atoms with Gasteiger partial charge in [0.2, 0.25) is 0 Å². The fourth-order valence-electron chi connectivity index (χ4n) is 2.47. The Balaban J connectivity index is 1.97. The van der Waals surface area contributed by atoms with Gasteiger partial charge in [-0.3, -0.25) is 4.79 Å². The van der Waals surface area contributed by atoms with Crippen LogP contribution in [0, 0.1) is 12.7 Å². The normalized spacial score (nSPS) is 10.9. The van der Waals surface area contributed by atoms with Crippen LogP contribution in [0.5, 0.6) is 0 Å². The molecule has 0 bridgehead atoms. The van der Waals surface area contributed by atoms with Crippen LogP contribution >= 0.6 is 11.6 Å². The molecule has 0 atom stereocenters. The summed E-state index contributed by atoms with van der Waals surface area (Å²) in [6.07, 6.45) is 0. The Kier molecular flexibility index (Phi) is 3.62. The van der Waals surface area contributed by atoms with Crippen LogP contribution in [0.25, 0.3) is 10.9 Å². The third kappa shape index (κ3) is 2.57. The molecule has 1 amide bonds. The Hall–Kier alpha value is -2.33. The van der Waals surface area contributed by atoms with E-state index in [0.717, 1.165) is 10.9 Å². The fraction of sp³-hybridized carbons (Fsp3) is 0.118. The maximum Gasteiger partial charge on any atom is 0.272 e. The Morgan fingerprint density at radius 2 is 1.95 bits per heavy atom. The van der Waals surface area contributed by atoms with E-state index in [-0.39, 0.29) is 11.7 Å². The summed E-state index contributed by atoms with van der Waals surface area (Å²) in [7, 11) is 1.74. The van der Waals surface area contributed by atoms with Gasteiger partial charge in [0.25, 0.3) is 5.91 Å². The van der Waals surface area contributed by atoms with E-state index in [4.69, 9.17) is 11.6 Å². The van der Waals surface area contributed by atoms with E-state index in [1.54, 1.807) is 41.9 Å². The summed E-state index contributed by atoms with van der Waals surface area (Å²) >= 11 is 5.91. The zero-order valence-corrected chi connectivity index (χ0v) is 12.9. The molecule has 0 saturated heterocycles. The number of carbonyl (C=O) groups is 1. The summed E-state index contributed by atoms with van der Waals surface area (Å²) in [6.45, 7) is 1.87. The molecule has 0 aliphatic heterocycles. The Labute approximate surface area is 132 Å². The van der Waals surface area contributed by atoms with Crippen LogP contribution in [0.15, 0.2) is 42.5 Å². The second-order valence-electron chi connectivity index (χ2n) is 5.21. The van der Waals surface area contributed by atoms with E-state index in [9.17, 15) is 9.18 Å². The molecule has 0 fully saturated rings. The highest BCUT2D eigenvalue weighted by atomic mass is 35.5. The summed E-state index contributed by atoms with van der Waals surface area (Å²) in [4.78, 5) is 12.5. The number of benzene rings is 2. The highest BCUT2D eigenvalue weighted by Crippen LogP contribution is 2.23. The quantitative estimate of drug-likeness (QED) is 0.740. The number of rotatable bonds is 2. The lowest BCUT2D eigenvalue weighted by Gasteiger charge is -2.09. The maximum absolute atomic E-state index is 13.3.